The van der Waals surface area contributed by atoms with Crippen molar-refractivity contribution < 1.29 is 9.90 Å². The summed E-state index contributed by atoms with van der Waals surface area (Å²) in [5.41, 5.74) is 2.12. The number of benzene rings is 1. The molecule has 1 aromatic rings. The molecule has 0 spiro atoms. The molecule has 1 fully saturated rings. The van der Waals surface area contributed by atoms with Crippen molar-refractivity contribution in [2.75, 3.05) is 6.61 Å². The first-order valence-electron chi connectivity index (χ1n) is 6.11. The molecule has 92 valence electrons. The summed E-state index contributed by atoms with van der Waals surface area (Å²) in [7, 11) is 0. The zero-order valence-corrected chi connectivity index (χ0v) is 10.2. The Morgan fingerprint density at radius 1 is 1.47 bits per heavy atom. The Hall–Kier alpha value is -1.35. The second-order valence-electron chi connectivity index (χ2n) is 4.98. The van der Waals surface area contributed by atoms with E-state index in [1.165, 1.54) is 11.1 Å². The molecule has 1 saturated carbocycles. The fraction of sp³-hybridized carbons (Fsp3) is 0.500. The van der Waals surface area contributed by atoms with Gasteiger partial charge in [-0.3, -0.25) is 4.79 Å². The number of amides is 1. The summed E-state index contributed by atoms with van der Waals surface area (Å²) in [6, 6.07) is 8.21. The van der Waals surface area contributed by atoms with E-state index < -0.39 is 0 Å². The summed E-state index contributed by atoms with van der Waals surface area (Å²) in [6.07, 6.45) is 3.06. The van der Waals surface area contributed by atoms with E-state index in [4.69, 9.17) is 5.11 Å². The van der Waals surface area contributed by atoms with Gasteiger partial charge in [0.2, 0.25) is 5.91 Å². The first kappa shape index (κ1) is 12.1. The smallest absolute Gasteiger partial charge is 0.220 e. The number of carbonyl (C=O) groups is 1. The second-order valence-corrected chi connectivity index (χ2v) is 4.98. The highest BCUT2D eigenvalue weighted by molar-refractivity contribution is 5.77. The van der Waals surface area contributed by atoms with Crippen molar-refractivity contribution in [3.05, 3.63) is 35.4 Å². The lowest BCUT2D eigenvalue weighted by Crippen LogP contribution is -2.39. The highest BCUT2D eigenvalue weighted by Gasteiger charge is 2.43. The lowest BCUT2D eigenvalue weighted by atomic mass is 10.1. The van der Waals surface area contributed by atoms with Gasteiger partial charge >= 0.3 is 0 Å². The van der Waals surface area contributed by atoms with Crippen LogP contribution in [0.5, 0.6) is 0 Å². The molecule has 17 heavy (non-hydrogen) atoms. The average molecular weight is 233 g/mol. The Morgan fingerprint density at radius 3 is 2.82 bits per heavy atom. The Labute approximate surface area is 102 Å². The molecule has 2 rings (SSSR count). The number of aryl methyl sites for hydroxylation is 2. The maximum absolute atomic E-state index is 11.7. The van der Waals surface area contributed by atoms with Crippen molar-refractivity contribution in [2.45, 2.75) is 38.1 Å². The van der Waals surface area contributed by atoms with Crippen LogP contribution in [0.4, 0.5) is 0 Å². The summed E-state index contributed by atoms with van der Waals surface area (Å²) in [5.74, 6) is 0.0399. The van der Waals surface area contributed by atoms with Gasteiger partial charge in [0.05, 0.1) is 12.1 Å². The van der Waals surface area contributed by atoms with Crippen molar-refractivity contribution >= 4 is 5.91 Å². The van der Waals surface area contributed by atoms with E-state index in [9.17, 15) is 4.79 Å². The minimum atomic E-state index is -0.288. The largest absolute Gasteiger partial charge is 0.394 e. The van der Waals surface area contributed by atoms with Crippen LogP contribution in [-0.4, -0.2) is 23.2 Å². The van der Waals surface area contributed by atoms with Crippen LogP contribution < -0.4 is 5.32 Å². The van der Waals surface area contributed by atoms with Crippen molar-refractivity contribution in [1.82, 2.24) is 5.32 Å². The van der Waals surface area contributed by atoms with Crippen molar-refractivity contribution in [3.63, 3.8) is 0 Å². The summed E-state index contributed by atoms with van der Waals surface area (Å²) in [6.45, 7) is 2.11. The van der Waals surface area contributed by atoms with E-state index in [2.05, 4.69) is 24.4 Å². The quantitative estimate of drug-likeness (QED) is 0.811. The number of aliphatic hydroxyl groups excluding tert-OH is 1. The van der Waals surface area contributed by atoms with Gasteiger partial charge in [0.15, 0.2) is 0 Å². The van der Waals surface area contributed by atoms with Gasteiger partial charge in [-0.2, -0.15) is 0 Å². The molecule has 3 heteroatoms. The standard InChI is InChI=1S/C14H19NO2/c1-11-3-2-4-12(9-11)5-6-13(17)15-14(10-16)7-8-14/h2-4,9,16H,5-8,10H2,1H3,(H,15,17). The van der Waals surface area contributed by atoms with E-state index in [0.29, 0.717) is 6.42 Å². The van der Waals surface area contributed by atoms with E-state index >= 15 is 0 Å². The van der Waals surface area contributed by atoms with Gasteiger partial charge in [-0.15, -0.1) is 0 Å². The monoisotopic (exact) mass is 233 g/mol. The van der Waals surface area contributed by atoms with Gasteiger partial charge in [-0.25, -0.2) is 0 Å². The van der Waals surface area contributed by atoms with Gasteiger partial charge in [0, 0.05) is 6.42 Å². The maximum atomic E-state index is 11.7. The third-order valence-corrected chi connectivity index (χ3v) is 3.28. The molecule has 0 unspecified atom stereocenters. The van der Waals surface area contributed by atoms with Gasteiger partial charge in [0.1, 0.15) is 0 Å². The molecule has 0 radical (unpaired) electrons. The van der Waals surface area contributed by atoms with Gasteiger partial charge < -0.3 is 10.4 Å². The summed E-state index contributed by atoms with van der Waals surface area (Å²) >= 11 is 0. The predicted molar refractivity (Wildman–Crippen MR) is 66.7 cm³/mol. The van der Waals surface area contributed by atoms with Gasteiger partial charge in [-0.1, -0.05) is 29.8 Å². The molecule has 0 bridgehead atoms. The maximum Gasteiger partial charge on any atom is 0.220 e. The summed E-state index contributed by atoms with van der Waals surface area (Å²) in [5, 5.41) is 12.0. The minimum Gasteiger partial charge on any atom is -0.394 e. The molecular formula is C14H19NO2. The second kappa shape index (κ2) is 4.88. The number of hydrogen-bond acceptors (Lipinski definition) is 2. The highest BCUT2D eigenvalue weighted by atomic mass is 16.3. The minimum absolute atomic E-state index is 0.0399. The van der Waals surface area contributed by atoms with Crippen molar-refractivity contribution in [2.24, 2.45) is 0 Å². The van der Waals surface area contributed by atoms with Crippen LogP contribution >= 0.6 is 0 Å². The molecule has 1 amide bonds. The Bertz CT molecular complexity index is 410. The summed E-state index contributed by atoms with van der Waals surface area (Å²) in [4.78, 5) is 11.7. The summed E-state index contributed by atoms with van der Waals surface area (Å²) < 4.78 is 0. The molecule has 0 heterocycles. The fourth-order valence-electron chi connectivity index (χ4n) is 1.96. The van der Waals surface area contributed by atoms with E-state index in [0.717, 1.165) is 19.3 Å². The van der Waals surface area contributed by atoms with Crippen LogP contribution in [0.2, 0.25) is 0 Å². The molecule has 3 nitrogen and oxygen atoms in total. The molecule has 0 aromatic heterocycles. The van der Waals surface area contributed by atoms with Crippen molar-refractivity contribution in [3.8, 4) is 0 Å². The third kappa shape index (κ3) is 3.30. The van der Waals surface area contributed by atoms with Gasteiger partial charge in [-0.05, 0) is 31.7 Å². The van der Waals surface area contributed by atoms with E-state index in [1.807, 2.05) is 12.1 Å². The Kier molecular flexibility index (Phi) is 3.48. The van der Waals surface area contributed by atoms with E-state index in [-0.39, 0.29) is 18.1 Å². The number of hydrogen-bond donors (Lipinski definition) is 2. The number of aliphatic hydroxyl groups is 1. The first-order chi connectivity index (χ1) is 8.13. The predicted octanol–water partition coefficient (Wildman–Crippen LogP) is 1.57. The highest BCUT2D eigenvalue weighted by Crippen LogP contribution is 2.34. The Balaban J connectivity index is 1.80. The van der Waals surface area contributed by atoms with Crippen molar-refractivity contribution in [1.29, 1.82) is 0 Å². The van der Waals surface area contributed by atoms with E-state index in [1.54, 1.807) is 0 Å². The average Bonchev–Trinajstić information content (AvgIpc) is 3.07. The number of nitrogens with one attached hydrogen (secondary N) is 1. The van der Waals surface area contributed by atoms with Crippen LogP contribution in [0.25, 0.3) is 0 Å². The Morgan fingerprint density at radius 2 is 2.24 bits per heavy atom. The molecular weight excluding hydrogens is 214 g/mol. The first-order valence-corrected chi connectivity index (χ1v) is 6.11. The zero-order chi connectivity index (χ0) is 12.3. The molecule has 1 aliphatic carbocycles. The van der Waals surface area contributed by atoms with Crippen LogP contribution in [0.1, 0.15) is 30.4 Å². The lowest BCUT2D eigenvalue weighted by molar-refractivity contribution is -0.122. The molecule has 1 aliphatic rings. The molecule has 0 saturated heterocycles. The normalized spacial score (nSPS) is 16.6. The lowest BCUT2D eigenvalue weighted by Gasteiger charge is -2.14. The zero-order valence-electron chi connectivity index (χ0n) is 10.2. The molecule has 0 atom stereocenters. The number of rotatable bonds is 5. The van der Waals surface area contributed by atoms with Crippen LogP contribution in [0, 0.1) is 6.92 Å². The fourth-order valence-corrected chi connectivity index (χ4v) is 1.96. The topological polar surface area (TPSA) is 49.3 Å². The third-order valence-electron chi connectivity index (χ3n) is 3.28. The molecule has 0 aliphatic heterocycles. The number of carbonyl (C=O) groups excluding carboxylic acids is 1. The SMILES string of the molecule is Cc1cccc(CCC(=O)NC2(CO)CC2)c1. The van der Waals surface area contributed by atoms with Crippen LogP contribution in [0.3, 0.4) is 0 Å². The molecule has 1 aromatic carbocycles. The van der Waals surface area contributed by atoms with Crippen LogP contribution in [-0.2, 0) is 11.2 Å². The van der Waals surface area contributed by atoms with Crippen LogP contribution in [0.15, 0.2) is 24.3 Å². The molecule has 2 N–H and O–H groups in total. The van der Waals surface area contributed by atoms with Gasteiger partial charge in [0.25, 0.3) is 0 Å².